The van der Waals surface area contributed by atoms with E-state index in [1.165, 1.54) is 12.1 Å². The number of alkyl halides is 2. The van der Waals surface area contributed by atoms with Crippen LogP contribution >= 0.6 is 0 Å². The van der Waals surface area contributed by atoms with E-state index >= 15 is 0 Å². The van der Waals surface area contributed by atoms with Gasteiger partial charge in [0.25, 0.3) is 12.3 Å². The van der Waals surface area contributed by atoms with Gasteiger partial charge < -0.3 is 10.1 Å². The number of rotatable bonds is 6. The zero-order chi connectivity index (χ0) is 13.5. The Hall–Kier alpha value is -1.56. The summed E-state index contributed by atoms with van der Waals surface area (Å²) < 4.78 is 41.3. The van der Waals surface area contributed by atoms with E-state index in [-0.39, 0.29) is 18.7 Å². The highest BCUT2D eigenvalue weighted by Crippen LogP contribution is 2.09. The van der Waals surface area contributed by atoms with Crippen molar-refractivity contribution in [3.8, 4) is 0 Å². The molecule has 6 heteroatoms. The van der Waals surface area contributed by atoms with Gasteiger partial charge in [-0.05, 0) is 19.1 Å². The first-order valence-electron chi connectivity index (χ1n) is 5.41. The van der Waals surface area contributed by atoms with Crippen molar-refractivity contribution < 1.29 is 22.7 Å². The SMILES string of the molecule is Cc1ccc(F)c(C(=O)NCCOCC(F)F)c1. The highest BCUT2D eigenvalue weighted by molar-refractivity contribution is 5.94. The summed E-state index contributed by atoms with van der Waals surface area (Å²) in [7, 11) is 0. The van der Waals surface area contributed by atoms with Gasteiger partial charge in [-0.3, -0.25) is 4.79 Å². The van der Waals surface area contributed by atoms with E-state index < -0.39 is 24.8 Å². The fourth-order valence-electron chi connectivity index (χ4n) is 1.32. The molecule has 0 heterocycles. The first-order chi connectivity index (χ1) is 8.50. The summed E-state index contributed by atoms with van der Waals surface area (Å²) in [6.45, 7) is 1.08. The molecule has 0 spiro atoms. The molecule has 1 aromatic rings. The second kappa shape index (κ2) is 7.00. The van der Waals surface area contributed by atoms with Gasteiger partial charge in [0.15, 0.2) is 0 Å². The third-order valence-electron chi connectivity index (χ3n) is 2.14. The van der Waals surface area contributed by atoms with Crippen LogP contribution in [0, 0.1) is 12.7 Å². The second-order valence-electron chi connectivity index (χ2n) is 3.71. The van der Waals surface area contributed by atoms with Gasteiger partial charge in [-0.1, -0.05) is 11.6 Å². The minimum atomic E-state index is -2.53. The molecule has 0 saturated heterocycles. The van der Waals surface area contributed by atoms with Crippen LogP contribution in [0.3, 0.4) is 0 Å². The van der Waals surface area contributed by atoms with Crippen LogP contribution < -0.4 is 5.32 Å². The molecular weight excluding hydrogens is 247 g/mol. The summed E-state index contributed by atoms with van der Waals surface area (Å²) in [5, 5.41) is 2.39. The summed E-state index contributed by atoms with van der Waals surface area (Å²) >= 11 is 0. The molecule has 0 unspecified atom stereocenters. The van der Waals surface area contributed by atoms with Crippen molar-refractivity contribution in [2.75, 3.05) is 19.8 Å². The molecule has 0 aliphatic carbocycles. The molecule has 18 heavy (non-hydrogen) atoms. The van der Waals surface area contributed by atoms with Crippen molar-refractivity contribution in [3.05, 3.63) is 35.1 Å². The van der Waals surface area contributed by atoms with Crippen LogP contribution in [0.15, 0.2) is 18.2 Å². The second-order valence-corrected chi connectivity index (χ2v) is 3.71. The zero-order valence-corrected chi connectivity index (χ0v) is 9.88. The molecular formula is C12H14F3NO2. The van der Waals surface area contributed by atoms with Crippen molar-refractivity contribution in [1.82, 2.24) is 5.32 Å². The fraction of sp³-hybridized carbons (Fsp3) is 0.417. The number of benzene rings is 1. The number of hydrogen-bond donors (Lipinski definition) is 1. The summed E-state index contributed by atoms with van der Waals surface area (Å²) in [6, 6.07) is 4.18. The van der Waals surface area contributed by atoms with Gasteiger partial charge >= 0.3 is 0 Å². The molecule has 1 rings (SSSR count). The monoisotopic (exact) mass is 261 g/mol. The molecule has 0 aliphatic heterocycles. The smallest absolute Gasteiger partial charge is 0.261 e. The lowest BCUT2D eigenvalue weighted by Crippen LogP contribution is -2.28. The number of carbonyl (C=O) groups is 1. The van der Waals surface area contributed by atoms with Crippen LogP contribution in [-0.2, 0) is 4.74 Å². The largest absolute Gasteiger partial charge is 0.374 e. The average molecular weight is 261 g/mol. The molecule has 1 amide bonds. The Balaban J connectivity index is 2.39. The lowest BCUT2D eigenvalue weighted by atomic mass is 10.1. The molecule has 0 fully saturated rings. The van der Waals surface area contributed by atoms with Crippen molar-refractivity contribution in [3.63, 3.8) is 0 Å². The number of halogens is 3. The van der Waals surface area contributed by atoms with Crippen LogP contribution in [0.4, 0.5) is 13.2 Å². The quantitative estimate of drug-likeness (QED) is 0.797. The molecule has 0 radical (unpaired) electrons. The third-order valence-corrected chi connectivity index (χ3v) is 2.14. The van der Waals surface area contributed by atoms with Gasteiger partial charge in [0.1, 0.15) is 12.4 Å². The molecule has 0 bridgehead atoms. The van der Waals surface area contributed by atoms with E-state index in [9.17, 15) is 18.0 Å². The Morgan fingerprint density at radius 1 is 1.44 bits per heavy atom. The predicted molar refractivity (Wildman–Crippen MR) is 60.3 cm³/mol. The first kappa shape index (κ1) is 14.5. The molecule has 0 atom stereocenters. The molecule has 0 aromatic heterocycles. The van der Waals surface area contributed by atoms with Crippen LogP contribution in [0.25, 0.3) is 0 Å². The Labute approximate surface area is 103 Å². The molecule has 0 saturated carbocycles. The third kappa shape index (κ3) is 4.75. The zero-order valence-electron chi connectivity index (χ0n) is 9.88. The fourth-order valence-corrected chi connectivity index (χ4v) is 1.32. The molecule has 3 nitrogen and oxygen atoms in total. The van der Waals surface area contributed by atoms with Crippen molar-refractivity contribution >= 4 is 5.91 Å². The molecule has 1 N–H and O–H groups in total. The highest BCUT2D eigenvalue weighted by Gasteiger charge is 2.11. The predicted octanol–water partition coefficient (Wildman–Crippen LogP) is 2.15. The summed E-state index contributed by atoms with van der Waals surface area (Å²) in [5.74, 6) is -1.21. The van der Waals surface area contributed by atoms with Gasteiger partial charge in [0, 0.05) is 6.54 Å². The molecule has 1 aromatic carbocycles. The van der Waals surface area contributed by atoms with Gasteiger partial charge in [0.05, 0.1) is 12.2 Å². The first-order valence-corrected chi connectivity index (χ1v) is 5.41. The van der Waals surface area contributed by atoms with E-state index in [4.69, 9.17) is 0 Å². The van der Waals surface area contributed by atoms with Gasteiger partial charge in [-0.15, -0.1) is 0 Å². The Morgan fingerprint density at radius 3 is 2.83 bits per heavy atom. The van der Waals surface area contributed by atoms with Gasteiger partial charge in [-0.2, -0.15) is 0 Å². The number of ether oxygens (including phenoxy) is 1. The lowest BCUT2D eigenvalue weighted by Gasteiger charge is -2.07. The van der Waals surface area contributed by atoms with Crippen LogP contribution in [0.2, 0.25) is 0 Å². The van der Waals surface area contributed by atoms with Crippen LogP contribution in [-0.4, -0.2) is 32.1 Å². The minimum Gasteiger partial charge on any atom is -0.374 e. The summed E-state index contributed by atoms with van der Waals surface area (Å²) in [4.78, 5) is 11.6. The van der Waals surface area contributed by atoms with Gasteiger partial charge in [-0.25, -0.2) is 13.2 Å². The maximum absolute atomic E-state index is 13.3. The van der Waals surface area contributed by atoms with E-state index in [0.29, 0.717) is 0 Å². The molecule has 0 aliphatic rings. The topological polar surface area (TPSA) is 38.3 Å². The molecule has 100 valence electrons. The number of amides is 1. The summed E-state index contributed by atoms with van der Waals surface area (Å²) in [5.41, 5.74) is 0.694. The Kier molecular flexibility index (Phi) is 5.64. The maximum Gasteiger partial charge on any atom is 0.261 e. The van der Waals surface area contributed by atoms with Crippen LogP contribution in [0.5, 0.6) is 0 Å². The Morgan fingerprint density at radius 2 is 2.17 bits per heavy atom. The van der Waals surface area contributed by atoms with Crippen molar-refractivity contribution in [2.45, 2.75) is 13.3 Å². The lowest BCUT2D eigenvalue weighted by molar-refractivity contribution is 0.0188. The standard InChI is InChI=1S/C12H14F3NO2/c1-8-2-3-10(13)9(6-8)12(17)16-4-5-18-7-11(14)15/h2-3,6,11H,4-5,7H2,1H3,(H,16,17). The van der Waals surface area contributed by atoms with Crippen molar-refractivity contribution in [1.29, 1.82) is 0 Å². The average Bonchev–Trinajstić information content (AvgIpc) is 2.31. The van der Waals surface area contributed by atoms with E-state index in [2.05, 4.69) is 10.1 Å². The van der Waals surface area contributed by atoms with E-state index in [1.807, 2.05) is 0 Å². The number of nitrogens with one attached hydrogen (secondary N) is 1. The van der Waals surface area contributed by atoms with E-state index in [0.717, 1.165) is 5.56 Å². The number of aryl methyl sites for hydroxylation is 1. The maximum atomic E-state index is 13.3. The van der Waals surface area contributed by atoms with E-state index in [1.54, 1.807) is 13.0 Å². The highest BCUT2D eigenvalue weighted by atomic mass is 19.3. The Bertz CT molecular complexity index is 410. The minimum absolute atomic E-state index is 0.0382. The normalized spacial score (nSPS) is 10.7. The van der Waals surface area contributed by atoms with Crippen LogP contribution in [0.1, 0.15) is 15.9 Å². The number of hydrogen-bond acceptors (Lipinski definition) is 2. The van der Waals surface area contributed by atoms with Gasteiger partial charge in [0.2, 0.25) is 0 Å². The number of carbonyl (C=O) groups excluding carboxylic acids is 1. The van der Waals surface area contributed by atoms with Crippen molar-refractivity contribution in [2.24, 2.45) is 0 Å². The summed E-state index contributed by atoms with van der Waals surface area (Å²) in [6.07, 6.45) is -2.53.